The molecular formula is C15H24N4O2. The van der Waals surface area contributed by atoms with Crippen LogP contribution in [0.15, 0.2) is 18.3 Å². The Hall–Kier alpha value is -1.66. The summed E-state index contributed by atoms with van der Waals surface area (Å²) in [5.41, 5.74) is 0.677. The Morgan fingerprint density at radius 1 is 1.38 bits per heavy atom. The van der Waals surface area contributed by atoms with Crippen LogP contribution in [-0.2, 0) is 0 Å². The molecule has 1 aromatic rings. The van der Waals surface area contributed by atoms with E-state index in [-0.39, 0.29) is 12.5 Å². The van der Waals surface area contributed by atoms with Crippen LogP contribution >= 0.6 is 0 Å². The summed E-state index contributed by atoms with van der Waals surface area (Å²) >= 11 is 0. The molecule has 2 heterocycles. The Bertz CT molecular complexity index is 467. The van der Waals surface area contributed by atoms with E-state index in [0.717, 1.165) is 38.4 Å². The van der Waals surface area contributed by atoms with Crippen LogP contribution in [0.3, 0.4) is 0 Å². The minimum atomic E-state index is 0.0578. The number of nitrogens with one attached hydrogen (secondary N) is 1. The molecule has 1 aliphatic rings. The van der Waals surface area contributed by atoms with Gasteiger partial charge in [0.2, 0.25) is 0 Å². The van der Waals surface area contributed by atoms with Crippen molar-refractivity contribution in [2.45, 2.75) is 13.3 Å². The number of nitrogens with zero attached hydrogens (tertiary/aromatic N) is 3. The van der Waals surface area contributed by atoms with Gasteiger partial charge in [0.1, 0.15) is 5.82 Å². The molecule has 21 heavy (non-hydrogen) atoms. The average Bonchev–Trinajstić information content (AvgIpc) is 2.73. The molecule has 1 saturated heterocycles. The first-order valence-electron chi connectivity index (χ1n) is 7.57. The maximum Gasteiger partial charge on any atom is 0.254 e. The molecule has 0 spiro atoms. The second-order valence-corrected chi connectivity index (χ2v) is 5.17. The zero-order chi connectivity index (χ0) is 15.1. The van der Waals surface area contributed by atoms with Crippen molar-refractivity contribution < 1.29 is 9.90 Å². The number of hydrogen-bond acceptors (Lipinski definition) is 5. The number of hydrogen-bond donors (Lipinski definition) is 2. The number of anilines is 1. The minimum absolute atomic E-state index is 0.0578. The summed E-state index contributed by atoms with van der Waals surface area (Å²) in [7, 11) is 0. The second kappa shape index (κ2) is 7.95. The molecule has 116 valence electrons. The van der Waals surface area contributed by atoms with Gasteiger partial charge in [-0.3, -0.25) is 9.69 Å². The molecule has 0 atom stereocenters. The Labute approximate surface area is 125 Å². The van der Waals surface area contributed by atoms with E-state index in [4.69, 9.17) is 5.11 Å². The Kier molecular flexibility index (Phi) is 5.95. The zero-order valence-electron chi connectivity index (χ0n) is 12.6. The summed E-state index contributed by atoms with van der Waals surface area (Å²) in [5.74, 6) is 0.794. The van der Waals surface area contributed by atoms with E-state index in [1.54, 1.807) is 12.3 Å². The normalized spacial score (nSPS) is 16.6. The molecule has 0 bridgehead atoms. The fourth-order valence-electron chi connectivity index (χ4n) is 2.56. The van der Waals surface area contributed by atoms with Crippen LogP contribution in [0, 0.1) is 0 Å². The second-order valence-electron chi connectivity index (χ2n) is 5.17. The molecule has 1 fully saturated rings. The smallest absolute Gasteiger partial charge is 0.254 e. The predicted molar refractivity (Wildman–Crippen MR) is 82.4 cm³/mol. The number of carbonyl (C=O) groups excluding carboxylic acids is 1. The van der Waals surface area contributed by atoms with Gasteiger partial charge < -0.3 is 15.3 Å². The van der Waals surface area contributed by atoms with Gasteiger partial charge in [-0.15, -0.1) is 0 Å². The fraction of sp³-hybridized carbons (Fsp3) is 0.600. The average molecular weight is 292 g/mol. The van der Waals surface area contributed by atoms with E-state index in [9.17, 15) is 4.79 Å². The van der Waals surface area contributed by atoms with Crippen LogP contribution < -0.4 is 5.32 Å². The molecule has 0 saturated carbocycles. The van der Waals surface area contributed by atoms with Crippen LogP contribution in [0.2, 0.25) is 0 Å². The van der Waals surface area contributed by atoms with Gasteiger partial charge in [0.25, 0.3) is 5.91 Å². The lowest BCUT2D eigenvalue weighted by Crippen LogP contribution is -2.36. The molecule has 6 nitrogen and oxygen atoms in total. The van der Waals surface area contributed by atoms with Crippen LogP contribution in [0.4, 0.5) is 5.82 Å². The fourth-order valence-corrected chi connectivity index (χ4v) is 2.56. The number of aromatic nitrogens is 1. The Morgan fingerprint density at radius 3 is 3.00 bits per heavy atom. The van der Waals surface area contributed by atoms with Crippen molar-refractivity contribution in [3.8, 4) is 0 Å². The van der Waals surface area contributed by atoms with Crippen molar-refractivity contribution in [2.24, 2.45) is 0 Å². The third-order valence-corrected chi connectivity index (χ3v) is 3.66. The highest BCUT2D eigenvalue weighted by molar-refractivity contribution is 5.94. The quantitative estimate of drug-likeness (QED) is 0.834. The molecule has 1 aromatic heterocycles. The molecule has 2 N–H and O–H groups in total. The molecule has 0 aromatic carbocycles. The Balaban J connectivity index is 2.00. The number of carbonyl (C=O) groups is 1. The van der Waals surface area contributed by atoms with Gasteiger partial charge in [0.05, 0.1) is 6.61 Å². The van der Waals surface area contributed by atoms with E-state index in [0.29, 0.717) is 18.7 Å². The highest BCUT2D eigenvalue weighted by Gasteiger charge is 2.20. The number of rotatable bonds is 5. The lowest BCUT2D eigenvalue weighted by atomic mass is 10.2. The molecule has 0 aliphatic carbocycles. The van der Waals surface area contributed by atoms with E-state index < -0.39 is 0 Å². The standard InChI is InChI=1S/C15H24N4O2/c1-2-16-14-12-13(4-5-17-14)15(21)19-7-3-6-18(8-9-19)10-11-20/h4-5,12,20H,2-3,6-11H2,1H3,(H,16,17). The minimum Gasteiger partial charge on any atom is -0.395 e. The molecule has 2 rings (SSSR count). The monoisotopic (exact) mass is 292 g/mol. The van der Waals surface area contributed by atoms with Crippen molar-refractivity contribution in [3.63, 3.8) is 0 Å². The first-order valence-corrected chi connectivity index (χ1v) is 7.57. The summed E-state index contributed by atoms with van der Waals surface area (Å²) < 4.78 is 0. The van der Waals surface area contributed by atoms with Crippen molar-refractivity contribution in [1.82, 2.24) is 14.8 Å². The summed E-state index contributed by atoms with van der Waals surface area (Å²) in [6.07, 6.45) is 2.61. The highest BCUT2D eigenvalue weighted by Crippen LogP contribution is 2.12. The molecule has 1 aliphatic heterocycles. The zero-order valence-corrected chi connectivity index (χ0v) is 12.6. The van der Waals surface area contributed by atoms with E-state index in [1.165, 1.54) is 0 Å². The van der Waals surface area contributed by atoms with Crippen LogP contribution in [0.1, 0.15) is 23.7 Å². The third kappa shape index (κ3) is 4.41. The third-order valence-electron chi connectivity index (χ3n) is 3.66. The van der Waals surface area contributed by atoms with Gasteiger partial charge in [-0.05, 0) is 32.0 Å². The van der Waals surface area contributed by atoms with Gasteiger partial charge in [-0.25, -0.2) is 4.98 Å². The summed E-state index contributed by atoms with van der Waals surface area (Å²) in [6.45, 7) is 6.86. The first kappa shape index (κ1) is 15.7. The van der Waals surface area contributed by atoms with Crippen molar-refractivity contribution in [1.29, 1.82) is 0 Å². The van der Waals surface area contributed by atoms with E-state index in [1.807, 2.05) is 17.9 Å². The Morgan fingerprint density at radius 2 is 2.24 bits per heavy atom. The first-order chi connectivity index (χ1) is 10.2. The molecule has 6 heteroatoms. The van der Waals surface area contributed by atoms with Gasteiger partial charge in [-0.2, -0.15) is 0 Å². The van der Waals surface area contributed by atoms with Gasteiger partial charge >= 0.3 is 0 Å². The highest BCUT2D eigenvalue weighted by atomic mass is 16.3. The SMILES string of the molecule is CCNc1cc(C(=O)N2CCCN(CCO)CC2)ccn1. The lowest BCUT2D eigenvalue weighted by molar-refractivity contribution is 0.0760. The van der Waals surface area contributed by atoms with Crippen molar-refractivity contribution >= 4 is 11.7 Å². The summed E-state index contributed by atoms with van der Waals surface area (Å²) in [5, 5.41) is 12.1. The molecular weight excluding hydrogens is 268 g/mol. The molecule has 0 unspecified atom stereocenters. The number of β-amino-alcohol motifs (C(OH)–C–C–N with tert-alkyl or cyclic N) is 1. The number of pyridine rings is 1. The van der Waals surface area contributed by atoms with Crippen LogP contribution in [0.25, 0.3) is 0 Å². The van der Waals surface area contributed by atoms with Crippen molar-refractivity contribution in [2.75, 3.05) is 51.2 Å². The van der Waals surface area contributed by atoms with Crippen LogP contribution in [0.5, 0.6) is 0 Å². The number of aliphatic hydroxyl groups excluding tert-OH is 1. The predicted octanol–water partition coefficient (Wildman–Crippen LogP) is 0.654. The lowest BCUT2D eigenvalue weighted by Gasteiger charge is -2.21. The van der Waals surface area contributed by atoms with Crippen molar-refractivity contribution in [3.05, 3.63) is 23.9 Å². The maximum absolute atomic E-state index is 12.6. The van der Waals surface area contributed by atoms with E-state index in [2.05, 4.69) is 15.2 Å². The number of aliphatic hydroxyl groups is 1. The topological polar surface area (TPSA) is 68.7 Å². The molecule has 0 radical (unpaired) electrons. The largest absolute Gasteiger partial charge is 0.395 e. The van der Waals surface area contributed by atoms with Gasteiger partial charge in [0.15, 0.2) is 0 Å². The van der Waals surface area contributed by atoms with E-state index >= 15 is 0 Å². The van der Waals surface area contributed by atoms with Crippen LogP contribution in [-0.4, -0.2) is 71.7 Å². The van der Waals surface area contributed by atoms with Gasteiger partial charge in [0, 0.05) is 44.5 Å². The number of amides is 1. The summed E-state index contributed by atoms with van der Waals surface area (Å²) in [6, 6.07) is 3.57. The van der Waals surface area contributed by atoms with Gasteiger partial charge in [-0.1, -0.05) is 0 Å². The molecule has 1 amide bonds. The summed E-state index contributed by atoms with van der Waals surface area (Å²) in [4.78, 5) is 20.9. The maximum atomic E-state index is 12.6.